The van der Waals surface area contributed by atoms with E-state index in [2.05, 4.69) is 30.9 Å². The Balaban J connectivity index is 1.94. The molecule has 4 N–H and O–H groups in total. The van der Waals surface area contributed by atoms with Gasteiger partial charge in [-0.1, -0.05) is 6.42 Å². The Morgan fingerprint density at radius 3 is 2.46 bits per heavy atom. The molecule has 1 fully saturated rings. The number of anilines is 1. The normalized spacial score (nSPS) is 20.1. The first-order valence-corrected chi connectivity index (χ1v) is 8.79. The minimum absolute atomic E-state index is 0.248. The first kappa shape index (κ1) is 15.3. The summed E-state index contributed by atoms with van der Waals surface area (Å²) in [7, 11) is 0. The van der Waals surface area contributed by atoms with E-state index in [0.29, 0.717) is 5.96 Å². The highest BCUT2D eigenvalue weighted by molar-refractivity contribution is 9.10. The third kappa shape index (κ3) is 2.32. The molecule has 1 aromatic heterocycles. The maximum Gasteiger partial charge on any atom is 0.220 e. The second kappa shape index (κ2) is 5.70. The predicted octanol–water partition coefficient (Wildman–Crippen LogP) is 2.50. The molecule has 8 heteroatoms. The van der Waals surface area contributed by atoms with Crippen LogP contribution >= 0.6 is 15.9 Å². The molecule has 4 rings (SSSR count). The number of aromatic nitrogens is 2. The van der Waals surface area contributed by atoms with Crippen LogP contribution in [0.1, 0.15) is 32.1 Å². The summed E-state index contributed by atoms with van der Waals surface area (Å²) in [5.74, 6) is 0.608. The third-order valence-corrected chi connectivity index (χ3v) is 5.29. The van der Waals surface area contributed by atoms with Crippen molar-refractivity contribution >= 4 is 44.6 Å². The first-order valence-electron chi connectivity index (χ1n) is 8.00. The van der Waals surface area contributed by atoms with Crippen molar-refractivity contribution in [2.45, 2.75) is 37.8 Å². The molecule has 0 amide bonds. The second-order valence-electron chi connectivity index (χ2n) is 6.14. The molecule has 1 aliphatic carbocycles. The number of aliphatic imine (C=N–C) groups is 2. The zero-order valence-electron chi connectivity index (χ0n) is 13.1. The van der Waals surface area contributed by atoms with E-state index in [0.717, 1.165) is 46.9 Å². The molecule has 1 aromatic carbocycles. The lowest BCUT2D eigenvalue weighted by Crippen LogP contribution is -2.58. The molecule has 1 saturated carbocycles. The molecule has 1 aliphatic heterocycles. The standard InChI is InChI=1S/C16H18BrN7/c17-10-4-5-11(13-12(10)20-8-9-21-13)24-15(19)22-14(18)23-16(24)6-2-1-3-7-16/h4-5,8-9H,1-3,6-7H2,(H4,18,19,22,23). The van der Waals surface area contributed by atoms with Gasteiger partial charge in [-0.15, -0.1) is 0 Å². The molecule has 2 aromatic rings. The average molecular weight is 388 g/mol. The summed E-state index contributed by atoms with van der Waals surface area (Å²) in [6, 6.07) is 3.94. The quantitative estimate of drug-likeness (QED) is 0.781. The molecular formula is C16H18BrN7. The number of fused-ring (bicyclic) bond motifs is 1. The van der Waals surface area contributed by atoms with Crippen molar-refractivity contribution in [3.63, 3.8) is 0 Å². The van der Waals surface area contributed by atoms with Gasteiger partial charge in [0.2, 0.25) is 11.9 Å². The number of nitrogens with two attached hydrogens (primary N) is 2. The monoisotopic (exact) mass is 387 g/mol. The first-order chi connectivity index (χ1) is 11.6. The molecule has 2 aliphatic rings. The highest BCUT2D eigenvalue weighted by Gasteiger charge is 2.43. The largest absolute Gasteiger partial charge is 0.369 e. The van der Waals surface area contributed by atoms with Crippen molar-refractivity contribution in [1.29, 1.82) is 0 Å². The summed E-state index contributed by atoms with van der Waals surface area (Å²) in [5.41, 5.74) is 14.2. The Bertz CT molecular complexity index is 855. The summed E-state index contributed by atoms with van der Waals surface area (Å²) in [4.78, 5) is 19.9. The molecule has 7 nitrogen and oxygen atoms in total. The molecule has 0 atom stereocenters. The zero-order chi connectivity index (χ0) is 16.7. The van der Waals surface area contributed by atoms with Gasteiger partial charge in [0.1, 0.15) is 16.7 Å². The van der Waals surface area contributed by atoms with Crippen molar-refractivity contribution in [1.82, 2.24) is 9.97 Å². The predicted molar refractivity (Wildman–Crippen MR) is 98.8 cm³/mol. The number of nitrogens with zero attached hydrogens (tertiary/aromatic N) is 5. The Morgan fingerprint density at radius 1 is 1.00 bits per heavy atom. The van der Waals surface area contributed by atoms with Gasteiger partial charge < -0.3 is 11.5 Å². The van der Waals surface area contributed by atoms with Crippen molar-refractivity contribution in [2.24, 2.45) is 21.5 Å². The van der Waals surface area contributed by atoms with E-state index in [9.17, 15) is 0 Å². The number of hydrogen-bond donors (Lipinski definition) is 2. The summed E-state index contributed by atoms with van der Waals surface area (Å²) < 4.78 is 0.891. The van der Waals surface area contributed by atoms with Crippen LogP contribution in [0, 0.1) is 0 Å². The van der Waals surface area contributed by atoms with E-state index < -0.39 is 5.66 Å². The Kier molecular flexibility index (Phi) is 3.64. The van der Waals surface area contributed by atoms with E-state index in [1.165, 1.54) is 6.42 Å². The maximum absolute atomic E-state index is 6.29. The van der Waals surface area contributed by atoms with E-state index in [1.807, 2.05) is 17.0 Å². The summed E-state index contributed by atoms with van der Waals surface area (Å²) >= 11 is 3.54. The van der Waals surface area contributed by atoms with Gasteiger partial charge >= 0.3 is 0 Å². The Morgan fingerprint density at radius 2 is 1.71 bits per heavy atom. The van der Waals surface area contributed by atoms with Gasteiger partial charge in [-0.05, 0) is 53.7 Å². The van der Waals surface area contributed by atoms with E-state index in [-0.39, 0.29) is 5.96 Å². The van der Waals surface area contributed by atoms with Crippen LogP contribution in [-0.2, 0) is 0 Å². The topological polar surface area (TPSA) is 106 Å². The average Bonchev–Trinajstić information content (AvgIpc) is 2.57. The van der Waals surface area contributed by atoms with Crippen molar-refractivity contribution < 1.29 is 0 Å². The highest BCUT2D eigenvalue weighted by Crippen LogP contribution is 2.41. The minimum atomic E-state index is -0.480. The van der Waals surface area contributed by atoms with Crippen LogP contribution in [-0.4, -0.2) is 27.5 Å². The number of benzene rings is 1. The van der Waals surface area contributed by atoms with Crippen molar-refractivity contribution in [2.75, 3.05) is 4.90 Å². The third-order valence-electron chi connectivity index (χ3n) is 4.65. The summed E-state index contributed by atoms with van der Waals surface area (Å²) in [6.45, 7) is 0. The lowest BCUT2D eigenvalue weighted by Gasteiger charge is -2.45. The Hall–Kier alpha value is -2.22. The number of rotatable bonds is 1. The molecule has 0 unspecified atom stereocenters. The van der Waals surface area contributed by atoms with Gasteiger partial charge in [0.25, 0.3) is 0 Å². The van der Waals surface area contributed by atoms with Gasteiger partial charge in [-0.25, -0.2) is 4.99 Å². The highest BCUT2D eigenvalue weighted by atomic mass is 79.9. The lowest BCUT2D eigenvalue weighted by atomic mass is 9.87. The molecule has 0 bridgehead atoms. The zero-order valence-corrected chi connectivity index (χ0v) is 14.7. The van der Waals surface area contributed by atoms with E-state index >= 15 is 0 Å². The van der Waals surface area contributed by atoms with E-state index in [4.69, 9.17) is 16.5 Å². The molecule has 2 heterocycles. The number of guanidine groups is 2. The molecule has 0 saturated heterocycles. The number of hydrogen-bond acceptors (Lipinski definition) is 7. The molecule has 124 valence electrons. The smallest absolute Gasteiger partial charge is 0.220 e. The van der Waals surface area contributed by atoms with Gasteiger partial charge in [0.05, 0.1) is 5.69 Å². The van der Waals surface area contributed by atoms with Crippen LogP contribution in [0.25, 0.3) is 11.0 Å². The van der Waals surface area contributed by atoms with Crippen molar-refractivity contribution in [3.05, 3.63) is 29.0 Å². The van der Waals surface area contributed by atoms with Gasteiger partial charge in [0.15, 0.2) is 0 Å². The van der Waals surface area contributed by atoms with Gasteiger partial charge in [-0.3, -0.25) is 14.9 Å². The Labute approximate surface area is 148 Å². The van der Waals surface area contributed by atoms with Gasteiger partial charge in [-0.2, -0.15) is 4.99 Å². The SMILES string of the molecule is NC1=NC2(CCCCC2)N(c2ccc(Br)c3nccnc23)C(N)=N1. The fourth-order valence-electron chi connectivity index (χ4n) is 3.66. The lowest BCUT2D eigenvalue weighted by molar-refractivity contribution is 0.306. The van der Waals surface area contributed by atoms with Gasteiger partial charge in [0, 0.05) is 16.9 Å². The summed E-state index contributed by atoms with van der Waals surface area (Å²) in [5, 5.41) is 0. The van der Waals surface area contributed by atoms with E-state index in [1.54, 1.807) is 12.4 Å². The van der Waals surface area contributed by atoms with Crippen LogP contribution in [0.15, 0.2) is 39.0 Å². The molecule has 1 spiro atoms. The molecule has 24 heavy (non-hydrogen) atoms. The van der Waals surface area contributed by atoms with Crippen molar-refractivity contribution in [3.8, 4) is 0 Å². The fourth-order valence-corrected chi connectivity index (χ4v) is 4.08. The van der Waals surface area contributed by atoms with Crippen LogP contribution in [0.2, 0.25) is 0 Å². The van der Waals surface area contributed by atoms with Crippen LogP contribution in [0.3, 0.4) is 0 Å². The van der Waals surface area contributed by atoms with Crippen LogP contribution in [0.5, 0.6) is 0 Å². The molecular weight excluding hydrogens is 370 g/mol. The fraction of sp³-hybridized carbons (Fsp3) is 0.375. The van der Waals surface area contributed by atoms with Crippen LogP contribution < -0.4 is 16.4 Å². The van der Waals surface area contributed by atoms with Crippen LogP contribution in [0.4, 0.5) is 5.69 Å². The minimum Gasteiger partial charge on any atom is -0.369 e. The molecule has 0 radical (unpaired) electrons. The summed E-state index contributed by atoms with van der Waals surface area (Å²) in [6.07, 6.45) is 8.51. The number of halogens is 1. The maximum atomic E-state index is 6.29. The second-order valence-corrected chi connectivity index (χ2v) is 6.99.